The van der Waals surface area contributed by atoms with Crippen LogP contribution in [0.1, 0.15) is 18.4 Å². The number of aromatic nitrogens is 2. The van der Waals surface area contributed by atoms with E-state index >= 15 is 0 Å². The molecule has 0 saturated carbocycles. The Balaban J connectivity index is 1.38. The maximum Gasteiger partial charge on any atom is 0.324 e. The number of anilines is 1. The van der Waals surface area contributed by atoms with Gasteiger partial charge < -0.3 is 19.5 Å². The molecule has 30 heavy (non-hydrogen) atoms. The molecule has 0 bridgehead atoms. The van der Waals surface area contributed by atoms with Crippen LogP contribution in [0.5, 0.6) is 5.75 Å². The van der Waals surface area contributed by atoms with E-state index in [9.17, 15) is 4.79 Å². The average Bonchev–Trinajstić information content (AvgIpc) is 3.29. The van der Waals surface area contributed by atoms with Crippen molar-refractivity contribution in [3.05, 3.63) is 59.1 Å². The molecule has 1 N–H and O–H groups in total. The first-order valence-corrected chi connectivity index (χ1v) is 10.3. The molecule has 3 aromatic rings. The van der Waals surface area contributed by atoms with Crippen LogP contribution in [0.4, 0.5) is 6.01 Å². The second-order valence-electron chi connectivity index (χ2n) is 7.22. The van der Waals surface area contributed by atoms with Crippen LogP contribution in [0.25, 0.3) is 11.4 Å². The number of carbonyl (C=O) groups is 1. The maximum atomic E-state index is 12.7. The number of carbonyl (C=O) groups excluding carboxylic acids is 1. The smallest absolute Gasteiger partial charge is 0.324 e. The van der Waals surface area contributed by atoms with Crippen molar-refractivity contribution in [2.24, 2.45) is 5.92 Å². The summed E-state index contributed by atoms with van der Waals surface area (Å²) in [5.41, 5.74) is 1.75. The van der Waals surface area contributed by atoms with E-state index in [1.807, 2.05) is 53.4 Å². The lowest BCUT2D eigenvalue weighted by Crippen LogP contribution is -2.43. The Kier molecular flexibility index (Phi) is 6.18. The zero-order valence-corrected chi connectivity index (χ0v) is 17.4. The predicted octanol–water partition coefficient (Wildman–Crippen LogP) is 3.93. The van der Waals surface area contributed by atoms with Crippen LogP contribution in [0, 0.1) is 5.92 Å². The van der Waals surface area contributed by atoms with Crippen molar-refractivity contribution >= 4 is 23.5 Å². The molecule has 1 aliphatic rings. The second-order valence-corrected chi connectivity index (χ2v) is 7.63. The van der Waals surface area contributed by atoms with E-state index in [2.05, 4.69) is 15.5 Å². The average molecular weight is 427 g/mol. The van der Waals surface area contributed by atoms with Crippen LogP contribution in [0.2, 0.25) is 5.02 Å². The van der Waals surface area contributed by atoms with Crippen LogP contribution in [0.15, 0.2) is 53.1 Å². The van der Waals surface area contributed by atoms with Gasteiger partial charge in [0.15, 0.2) is 0 Å². The van der Waals surface area contributed by atoms with Crippen molar-refractivity contribution in [1.29, 1.82) is 0 Å². The van der Waals surface area contributed by atoms with E-state index < -0.39 is 0 Å². The topological polar surface area (TPSA) is 80.5 Å². The van der Waals surface area contributed by atoms with E-state index in [4.69, 9.17) is 20.9 Å². The number of hydrogen-bond acceptors (Lipinski definition) is 6. The van der Waals surface area contributed by atoms with Gasteiger partial charge in [-0.25, -0.2) is 0 Å². The quantitative estimate of drug-likeness (QED) is 0.643. The van der Waals surface area contributed by atoms with Gasteiger partial charge in [0.05, 0.1) is 13.0 Å². The van der Waals surface area contributed by atoms with Gasteiger partial charge in [0.2, 0.25) is 11.7 Å². The van der Waals surface area contributed by atoms with Crippen LogP contribution in [-0.4, -0.2) is 36.2 Å². The zero-order chi connectivity index (χ0) is 20.9. The molecule has 4 rings (SSSR count). The Morgan fingerprint density at radius 2 is 2.07 bits per heavy atom. The van der Waals surface area contributed by atoms with E-state index in [1.165, 1.54) is 0 Å². The van der Waals surface area contributed by atoms with Gasteiger partial charge in [0.25, 0.3) is 0 Å². The third-order valence-corrected chi connectivity index (χ3v) is 5.61. The Bertz CT molecular complexity index is 1010. The van der Waals surface area contributed by atoms with Gasteiger partial charge in [-0.2, -0.15) is 4.98 Å². The third kappa shape index (κ3) is 4.57. The first-order chi connectivity index (χ1) is 14.6. The van der Waals surface area contributed by atoms with Crippen molar-refractivity contribution in [2.75, 3.05) is 25.1 Å². The number of methoxy groups -OCH3 is 1. The van der Waals surface area contributed by atoms with Gasteiger partial charge in [-0.05, 0) is 48.7 Å². The summed E-state index contributed by atoms with van der Waals surface area (Å²) in [6, 6.07) is 15.4. The highest BCUT2D eigenvalue weighted by Crippen LogP contribution is 2.26. The maximum absolute atomic E-state index is 12.7. The largest absolute Gasteiger partial charge is 0.497 e. The predicted molar refractivity (Wildman–Crippen MR) is 115 cm³/mol. The van der Waals surface area contributed by atoms with Crippen LogP contribution in [-0.2, 0) is 11.3 Å². The Morgan fingerprint density at radius 1 is 1.27 bits per heavy atom. The van der Waals surface area contributed by atoms with Crippen LogP contribution >= 0.6 is 11.6 Å². The lowest BCUT2D eigenvalue weighted by molar-refractivity contribution is -0.125. The molecule has 156 valence electrons. The highest BCUT2D eigenvalue weighted by Gasteiger charge is 2.28. The number of rotatable bonds is 6. The molecule has 1 saturated heterocycles. The molecule has 7 nitrogen and oxygen atoms in total. The van der Waals surface area contributed by atoms with Crippen molar-refractivity contribution in [3.8, 4) is 17.1 Å². The molecule has 1 aliphatic heterocycles. The highest BCUT2D eigenvalue weighted by molar-refractivity contribution is 6.31. The summed E-state index contributed by atoms with van der Waals surface area (Å²) in [4.78, 5) is 19.2. The zero-order valence-electron chi connectivity index (χ0n) is 16.7. The standard InChI is InChI=1S/C22H23ClN4O3/c1-29-18-10-8-15(9-11-18)20-25-22(30-26-20)27-12-4-6-17(14-27)21(28)24-13-16-5-2-3-7-19(16)23/h2-3,5,7-11,17H,4,6,12-14H2,1H3,(H,24,28)/t17-/m0/s1. The number of ether oxygens (including phenoxy) is 1. The van der Waals surface area contributed by atoms with E-state index in [0.717, 1.165) is 36.3 Å². The van der Waals surface area contributed by atoms with Gasteiger partial charge >= 0.3 is 6.01 Å². The minimum atomic E-state index is -0.141. The van der Waals surface area contributed by atoms with E-state index in [0.29, 0.717) is 30.0 Å². The summed E-state index contributed by atoms with van der Waals surface area (Å²) in [5.74, 6) is 1.15. The number of nitrogens with one attached hydrogen (secondary N) is 1. The Morgan fingerprint density at radius 3 is 2.83 bits per heavy atom. The molecule has 1 aromatic heterocycles. The van der Waals surface area contributed by atoms with E-state index in [1.54, 1.807) is 7.11 Å². The number of amides is 1. The molecule has 1 amide bonds. The fraction of sp³-hybridized carbons (Fsp3) is 0.318. The van der Waals surface area contributed by atoms with Gasteiger partial charge in [-0.3, -0.25) is 4.79 Å². The minimum absolute atomic E-state index is 0.00881. The fourth-order valence-electron chi connectivity index (χ4n) is 3.53. The van der Waals surface area contributed by atoms with Crippen LogP contribution < -0.4 is 15.0 Å². The molecule has 0 aliphatic carbocycles. The van der Waals surface area contributed by atoms with Gasteiger partial charge in [0, 0.05) is 30.2 Å². The molecular formula is C22H23ClN4O3. The molecular weight excluding hydrogens is 404 g/mol. The molecule has 1 atom stereocenters. The SMILES string of the molecule is COc1ccc(-c2noc(N3CCC[C@H](C(=O)NCc4ccccc4Cl)C3)n2)cc1. The van der Waals surface area contributed by atoms with Crippen molar-refractivity contribution in [1.82, 2.24) is 15.5 Å². The van der Waals surface area contributed by atoms with Crippen molar-refractivity contribution in [3.63, 3.8) is 0 Å². The number of benzene rings is 2. The number of hydrogen-bond donors (Lipinski definition) is 1. The number of nitrogens with zero attached hydrogens (tertiary/aromatic N) is 3. The van der Waals surface area contributed by atoms with E-state index in [-0.39, 0.29) is 11.8 Å². The summed E-state index contributed by atoms with van der Waals surface area (Å²) in [5, 5.41) is 7.74. The second kappa shape index (κ2) is 9.17. The Hall–Kier alpha value is -3.06. The first-order valence-electron chi connectivity index (χ1n) is 9.88. The Labute approximate surface area is 180 Å². The minimum Gasteiger partial charge on any atom is -0.497 e. The summed E-state index contributed by atoms with van der Waals surface area (Å²) in [6.07, 6.45) is 1.70. The van der Waals surface area contributed by atoms with Gasteiger partial charge in [-0.1, -0.05) is 35.0 Å². The number of halogens is 1. The lowest BCUT2D eigenvalue weighted by Gasteiger charge is -2.30. The number of piperidine rings is 1. The lowest BCUT2D eigenvalue weighted by atomic mass is 9.97. The molecule has 0 unspecified atom stereocenters. The molecule has 1 fully saturated rings. The summed E-state index contributed by atoms with van der Waals surface area (Å²) in [6.45, 7) is 1.73. The molecule has 2 heterocycles. The summed E-state index contributed by atoms with van der Waals surface area (Å²) >= 11 is 6.17. The molecule has 0 radical (unpaired) electrons. The summed E-state index contributed by atoms with van der Waals surface area (Å²) < 4.78 is 10.6. The normalized spacial score (nSPS) is 16.3. The summed E-state index contributed by atoms with van der Waals surface area (Å²) in [7, 11) is 1.62. The monoisotopic (exact) mass is 426 g/mol. The van der Waals surface area contributed by atoms with Crippen molar-refractivity contribution in [2.45, 2.75) is 19.4 Å². The van der Waals surface area contributed by atoms with Gasteiger partial charge in [0.1, 0.15) is 5.75 Å². The fourth-order valence-corrected chi connectivity index (χ4v) is 3.74. The highest BCUT2D eigenvalue weighted by atomic mass is 35.5. The third-order valence-electron chi connectivity index (χ3n) is 5.24. The van der Waals surface area contributed by atoms with Crippen molar-refractivity contribution < 1.29 is 14.1 Å². The first kappa shape index (κ1) is 20.2. The molecule has 8 heteroatoms. The van der Waals surface area contributed by atoms with Crippen LogP contribution in [0.3, 0.4) is 0 Å². The molecule has 0 spiro atoms. The molecule has 2 aromatic carbocycles. The van der Waals surface area contributed by atoms with Gasteiger partial charge in [-0.15, -0.1) is 0 Å².